The Hall–Kier alpha value is -2.85. The van der Waals surface area contributed by atoms with Gasteiger partial charge in [0, 0.05) is 49.7 Å². The van der Waals surface area contributed by atoms with E-state index in [1.54, 1.807) is 42.9 Å². The first-order valence-corrected chi connectivity index (χ1v) is 14.2. The molecule has 0 amide bonds. The molecule has 2 heterocycles. The first kappa shape index (κ1) is 28.2. The third-order valence-electron chi connectivity index (χ3n) is 6.89. The molecule has 2 atom stereocenters. The normalized spacial score (nSPS) is 19.9. The standard InChI is InChI=1S/C28H35FN4O4S/c1-3-37-26(35)10-6-7-14-33-22(17-30-31-33)16-21-18-32(15-13-25(21)38-19(2)34)27(28(36)20-11-12-20)23-8-4-5-9-24(23)29/h4-5,8-9,16-17,20,25,27H,3,6-7,10-15,18H2,1-2H3/b21-16-. The van der Waals surface area contributed by atoms with E-state index >= 15 is 0 Å². The van der Waals surface area contributed by atoms with E-state index in [4.69, 9.17) is 4.74 Å². The van der Waals surface area contributed by atoms with Crippen molar-refractivity contribution in [1.82, 2.24) is 19.9 Å². The number of piperidine rings is 1. The second kappa shape index (κ2) is 13.3. The maximum absolute atomic E-state index is 14.9. The summed E-state index contributed by atoms with van der Waals surface area (Å²) >= 11 is 1.29. The number of ether oxygens (including phenoxy) is 1. The number of esters is 1. The molecule has 1 aliphatic heterocycles. The van der Waals surface area contributed by atoms with Gasteiger partial charge < -0.3 is 4.74 Å². The molecule has 1 saturated carbocycles. The molecule has 0 spiro atoms. The van der Waals surface area contributed by atoms with Gasteiger partial charge in [-0.15, -0.1) is 5.10 Å². The molecule has 204 valence electrons. The van der Waals surface area contributed by atoms with Gasteiger partial charge in [-0.2, -0.15) is 0 Å². The van der Waals surface area contributed by atoms with Crippen molar-refractivity contribution in [3.05, 3.63) is 53.1 Å². The fourth-order valence-electron chi connectivity index (χ4n) is 4.90. The van der Waals surface area contributed by atoms with Gasteiger partial charge in [-0.25, -0.2) is 9.07 Å². The number of hydrogen-bond donors (Lipinski definition) is 0. The van der Waals surface area contributed by atoms with E-state index in [-0.39, 0.29) is 33.9 Å². The van der Waals surface area contributed by atoms with Gasteiger partial charge in [0.05, 0.1) is 24.5 Å². The first-order chi connectivity index (χ1) is 18.4. The number of nitrogens with zero attached hydrogens (tertiary/aromatic N) is 4. The molecule has 2 aromatic rings. The average Bonchev–Trinajstić information content (AvgIpc) is 3.65. The number of hydrogen-bond acceptors (Lipinski definition) is 8. The van der Waals surface area contributed by atoms with E-state index in [1.165, 1.54) is 17.8 Å². The van der Waals surface area contributed by atoms with E-state index < -0.39 is 6.04 Å². The predicted molar refractivity (Wildman–Crippen MR) is 144 cm³/mol. The van der Waals surface area contributed by atoms with Crippen molar-refractivity contribution in [2.45, 2.75) is 70.2 Å². The van der Waals surface area contributed by atoms with Crippen LogP contribution in [0.25, 0.3) is 6.08 Å². The number of rotatable bonds is 12. The van der Waals surface area contributed by atoms with Gasteiger partial charge in [0.25, 0.3) is 0 Å². The van der Waals surface area contributed by atoms with Crippen LogP contribution in [-0.4, -0.2) is 61.7 Å². The molecule has 0 bridgehead atoms. The summed E-state index contributed by atoms with van der Waals surface area (Å²) in [5.74, 6) is -0.524. The second-order valence-electron chi connectivity index (χ2n) is 9.82. The summed E-state index contributed by atoms with van der Waals surface area (Å²) in [5.41, 5.74) is 2.19. The summed E-state index contributed by atoms with van der Waals surface area (Å²) in [4.78, 5) is 39.1. The first-order valence-electron chi connectivity index (χ1n) is 13.3. The summed E-state index contributed by atoms with van der Waals surface area (Å²) in [6, 6.07) is 5.87. The maximum atomic E-state index is 14.9. The number of unbranched alkanes of at least 4 members (excludes halogenated alkanes) is 1. The van der Waals surface area contributed by atoms with Gasteiger partial charge in [-0.3, -0.25) is 19.3 Å². The molecule has 2 aliphatic rings. The number of aryl methyl sites for hydroxylation is 1. The molecule has 10 heteroatoms. The summed E-state index contributed by atoms with van der Waals surface area (Å²) in [6.45, 7) is 5.34. The molecule has 0 radical (unpaired) electrons. The molecular weight excluding hydrogens is 507 g/mol. The lowest BCUT2D eigenvalue weighted by atomic mass is 9.93. The molecule has 1 aromatic carbocycles. The lowest BCUT2D eigenvalue weighted by Crippen LogP contribution is -2.43. The van der Waals surface area contributed by atoms with Gasteiger partial charge in [0.15, 0.2) is 10.9 Å². The number of halogens is 1. The predicted octanol–water partition coefficient (Wildman–Crippen LogP) is 4.61. The maximum Gasteiger partial charge on any atom is 0.305 e. The summed E-state index contributed by atoms with van der Waals surface area (Å²) in [6.07, 6.45) is 7.82. The van der Waals surface area contributed by atoms with Crippen LogP contribution in [0.4, 0.5) is 4.39 Å². The highest BCUT2D eigenvalue weighted by Crippen LogP contribution is 2.40. The molecule has 0 N–H and O–H groups in total. The topological polar surface area (TPSA) is 94.4 Å². The van der Waals surface area contributed by atoms with E-state index in [9.17, 15) is 18.8 Å². The summed E-state index contributed by atoms with van der Waals surface area (Å²) in [7, 11) is 0. The van der Waals surface area contributed by atoms with Crippen LogP contribution in [0, 0.1) is 11.7 Å². The fraction of sp³-hybridized carbons (Fsp3) is 0.536. The van der Waals surface area contributed by atoms with Crippen molar-refractivity contribution in [2.24, 2.45) is 5.92 Å². The van der Waals surface area contributed by atoms with Gasteiger partial charge in [0.2, 0.25) is 0 Å². The zero-order valence-electron chi connectivity index (χ0n) is 22.0. The Labute approximate surface area is 227 Å². The van der Waals surface area contributed by atoms with Gasteiger partial charge >= 0.3 is 5.97 Å². The largest absolute Gasteiger partial charge is 0.466 e. The number of thioether (sulfide) groups is 1. The minimum Gasteiger partial charge on any atom is -0.466 e. The van der Waals surface area contributed by atoms with Crippen LogP contribution in [0.1, 0.15) is 69.7 Å². The number of aromatic nitrogens is 3. The number of carbonyl (C=O) groups is 3. The smallest absolute Gasteiger partial charge is 0.305 e. The van der Waals surface area contributed by atoms with Gasteiger partial charge in [0.1, 0.15) is 5.82 Å². The SMILES string of the molecule is CCOC(=O)CCCCn1nncc1/C=C1/CN(C(C(=O)C2CC2)c2ccccc2F)CCC1SC(C)=O. The lowest BCUT2D eigenvalue weighted by Gasteiger charge is -2.38. The quantitative estimate of drug-likeness (QED) is 0.284. The Balaban J connectivity index is 1.54. The molecule has 1 aromatic heterocycles. The van der Waals surface area contributed by atoms with Crippen molar-refractivity contribution >= 4 is 34.7 Å². The summed E-state index contributed by atoms with van der Waals surface area (Å²) < 4.78 is 21.7. The number of carbonyl (C=O) groups excluding carboxylic acids is 3. The minimum atomic E-state index is -0.652. The fourth-order valence-corrected chi connectivity index (χ4v) is 5.82. The molecule has 38 heavy (non-hydrogen) atoms. The van der Waals surface area contributed by atoms with Gasteiger partial charge in [-0.05, 0) is 56.7 Å². The second-order valence-corrected chi connectivity index (χ2v) is 11.2. The number of likely N-dealkylation sites (tertiary alicyclic amines) is 1. The van der Waals surface area contributed by atoms with E-state index in [1.807, 2.05) is 6.08 Å². The van der Waals surface area contributed by atoms with Crippen LogP contribution in [0.2, 0.25) is 0 Å². The van der Waals surface area contributed by atoms with E-state index in [0.29, 0.717) is 51.1 Å². The van der Waals surface area contributed by atoms with E-state index in [2.05, 4.69) is 15.2 Å². The highest BCUT2D eigenvalue weighted by atomic mass is 32.2. The third kappa shape index (κ3) is 7.38. The molecular formula is C28H35FN4O4S. The highest BCUT2D eigenvalue weighted by Gasteiger charge is 2.41. The van der Waals surface area contributed by atoms with Gasteiger partial charge in [-0.1, -0.05) is 35.2 Å². The Morgan fingerprint density at radius 2 is 2.00 bits per heavy atom. The Kier molecular flexibility index (Phi) is 9.85. The zero-order valence-corrected chi connectivity index (χ0v) is 22.8. The molecule has 2 fully saturated rings. The monoisotopic (exact) mass is 542 g/mol. The van der Waals surface area contributed by atoms with E-state index in [0.717, 1.165) is 30.5 Å². The average molecular weight is 543 g/mol. The lowest BCUT2D eigenvalue weighted by molar-refractivity contribution is -0.143. The summed E-state index contributed by atoms with van der Waals surface area (Å²) in [5, 5.41) is 8.26. The van der Waals surface area contributed by atoms with Crippen LogP contribution in [-0.2, 0) is 25.7 Å². The molecule has 1 saturated heterocycles. The Bertz CT molecular complexity index is 1180. The van der Waals surface area contributed by atoms with Crippen LogP contribution in [0.3, 0.4) is 0 Å². The van der Waals surface area contributed by atoms with Crippen LogP contribution in [0.15, 0.2) is 36.0 Å². The Morgan fingerprint density at radius 1 is 1.21 bits per heavy atom. The van der Waals surface area contributed by atoms with Crippen molar-refractivity contribution < 1.29 is 23.5 Å². The van der Waals surface area contributed by atoms with Crippen molar-refractivity contribution in [2.75, 3.05) is 19.7 Å². The van der Waals surface area contributed by atoms with Crippen molar-refractivity contribution in [3.63, 3.8) is 0 Å². The molecule has 2 unspecified atom stereocenters. The Morgan fingerprint density at radius 3 is 2.71 bits per heavy atom. The highest BCUT2D eigenvalue weighted by molar-refractivity contribution is 8.14. The number of ketones is 1. The molecule has 1 aliphatic carbocycles. The van der Waals surface area contributed by atoms with Crippen LogP contribution >= 0.6 is 11.8 Å². The minimum absolute atomic E-state index is 0.0170. The van der Waals surface area contributed by atoms with Crippen molar-refractivity contribution in [1.29, 1.82) is 0 Å². The molecule has 8 nitrogen and oxygen atoms in total. The third-order valence-corrected chi connectivity index (χ3v) is 8.04. The molecule has 4 rings (SSSR count). The zero-order chi connectivity index (χ0) is 27.1. The number of benzene rings is 1. The number of Topliss-reactive ketones (excluding diaryl/α,β-unsaturated/α-hetero) is 1. The van der Waals surface area contributed by atoms with Crippen molar-refractivity contribution in [3.8, 4) is 0 Å². The van der Waals surface area contributed by atoms with Crippen LogP contribution < -0.4 is 0 Å². The van der Waals surface area contributed by atoms with Crippen LogP contribution in [0.5, 0.6) is 0 Å².